The molecule has 0 bridgehead atoms. The van der Waals surface area contributed by atoms with Gasteiger partial charge < -0.3 is 14.6 Å². The minimum absolute atomic E-state index is 0.0508. The second-order valence-corrected chi connectivity index (χ2v) is 6.72. The SMILES string of the molecule is Cc1occc1C(=O)NC1CC(c2cc(N3CCCC3)ncn2)C1. The van der Waals surface area contributed by atoms with Crippen LogP contribution in [-0.4, -0.2) is 35.0 Å². The van der Waals surface area contributed by atoms with E-state index < -0.39 is 0 Å². The largest absolute Gasteiger partial charge is 0.469 e. The molecule has 3 heterocycles. The monoisotopic (exact) mass is 326 g/mol. The van der Waals surface area contributed by atoms with Gasteiger partial charge in [0.1, 0.15) is 17.9 Å². The zero-order chi connectivity index (χ0) is 16.5. The summed E-state index contributed by atoms with van der Waals surface area (Å²) < 4.78 is 5.19. The molecule has 6 heteroatoms. The van der Waals surface area contributed by atoms with E-state index >= 15 is 0 Å². The number of amides is 1. The number of carbonyl (C=O) groups is 1. The Bertz CT molecular complexity index is 730. The molecule has 2 fully saturated rings. The van der Waals surface area contributed by atoms with Gasteiger partial charge in [-0.05, 0) is 38.7 Å². The van der Waals surface area contributed by atoms with E-state index in [9.17, 15) is 4.79 Å². The summed E-state index contributed by atoms with van der Waals surface area (Å²) >= 11 is 0. The van der Waals surface area contributed by atoms with Gasteiger partial charge in [-0.25, -0.2) is 9.97 Å². The van der Waals surface area contributed by atoms with Gasteiger partial charge in [0.2, 0.25) is 0 Å². The van der Waals surface area contributed by atoms with Crippen LogP contribution in [-0.2, 0) is 0 Å². The van der Waals surface area contributed by atoms with Crippen LogP contribution < -0.4 is 10.2 Å². The summed E-state index contributed by atoms with van der Waals surface area (Å²) in [6.07, 6.45) is 7.56. The van der Waals surface area contributed by atoms with Gasteiger partial charge in [0.25, 0.3) is 5.91 Å². The first-order valence-electron chi connectivity index (χ1n) is 8.62. The van der Waals surface area contributed by atoms with Crippen molar-refractivity contribution in [3.05, 3.63) is 41.7 Å². The van der Waals surface area contributed by atoms with Gasteiger partial charge in [0, 0.05) is 36.8 Å². The number of anilines is 1. The molecule has 2 aromatic rings. The first-order chi connectivity index (χ1) is 11.7. The Kier molecular flexibility index (Phi) is 3.96. The van der Waals surface area contributed by atoms with Crippen LogP contribution in [0.3, 0.4) is 0 Å². The van der Waals surface area contributed by atoms with Crippen molar-refractivity contribution in [2.75, 3.05) is 18.0 Å². The fourth-order valence-electron chi connectivity index (χ4n) is 3.56. The molecule has 126 valence electrons. The van der Waals surface area contributed by atoms with Crippen LogP contribution in [0.1, 0.15) is 53.4 Å². The van der Waals surface area contributed by atoms with E-state index in [0.717, 1.165) is 37.4 Å². The van der Waals surface area contributed by atoms with Gasteiger partial charge in [-0.3, -0.25) is 4.79 Å². The van der Waals surface area contributed by atoms with Crippen molar-refractivity contribution in [3.63, 3.8) is 0 Å². The molecular formula is C18H22N4O2. The molecule has 1 aliphatic carbocycles. The lowest BCUT2D eigenvalue weighted by Crippen LogP contribution is -2.43. The van der Waals surface area contributed by atoms with Gasteiger partial charge in [0.05, 0.1) is 11.8 Å². The van der Waals surface area contributed by atoms with Crippen molar-refractivity contribution in [3.8, 4) is 0 Å². The third-order valence-electron chi connectivity index (χ3n) is 5.10. The lowest BCUT2D eigenvalue weighted by molar-refractivity contribution is 0.0906. The summed E-state index contributed by atoms with van der Waals surface area (Å²) in [5, 5.41) is 3.08. The van der Waals surface area contributed by atoms with Crippen molar-refractivity contribution in [1.82, 2.24) is 15.3 Å². The minimum Gasteiger partial charge on any atom is -0.469 e. The van der Waals surface area contributed by atoms with Crippen LogP contribution in [0, 0.1) is 6.92 Å². The third kappa shape index (κ3) is 2.88. The summed E-state index contributed by atoms with van der Waals surface area (Å²) in [6, 6.07) is 4.05. The lowest BCUT2D eigenvalue weighted by atomic mass is 9.78. The number of furan rings is 1. The van der Waals surface area contributed by atoms with Crippen LogP contribution in [0.4, 0.5) is 5.82 Å². The number of nitrogens with one attached hydrogen (secondary N) is 1. The molecule has 1 saturated heterocycles. The van der Waals surface area contributed by atoms with Crippen LogP contribution in [0.15, 0.2) is 29.1 Å². The maximum Gasteiger partial charge on any atom is 0.255 e. The van der Waals surface area contributed by atoms with Gasteiger partial charge in [-0.15, -0.1) is 0 Å². The highest BCUT2D eigenvalue weighted by molar-refractivity contribution is 5.95. The second kappa shape index (κ2) is 6.26. The predicted molar refractivity (Wildman–Crippen MR) is 90.2 cm³/mol. The highest BCUT2D eigenvalue weighted by Crippen LogP contribution is 2.37. The summed E-state index contributed by atoms with van der Waals surface area (Å²) in [4.78, 5) is 23.4. The average Bonchev–Trinajstić information content (AvgIpc) is 3.21. The molecule has 1 N–H and O–H groups in total. The number of nitrogens with zero attached hydrogens (tertiary/aromatic N) is 3. The summed E-state index contributed by atoms with van der Waals surface area (Å²) in [6.45, 7) is 3.98. The van der Waals surface area contributed by atoms with E-state index in [4.69, 9.17) is 4.42 Å². The van der Waals surface area contributed by atoms with Crippen molar-refractivity contribution in [2.45, 2.75) is 44.6 Å². The van der Waals surface area contributed by atoms with E-state index in [1.807, 2.05) is 0 Å². The zero-order valence-electron chi connectivity index (χ0n) is 13.9. The number of aryl methyl sites for hydroxylation is 1. The molecule has 0 unspecified atom stereocenters. The Labute approximate surface area is 141 Å². The summed E-state index contributed by atoms with van der Waals surface area (Å²) in [7, 11) is 0. The molecule has 2 aliphatic rings. The number of carbonyl (C=O) groups excluding carboxylic acids is 1. The quantitative estimate of drug-likeness (QED) is 0.935. The van der Waals surface area contributed by atoms with E-state index in [1.54, 1.807) is 25.6 Å². The first kappa shape index (κ1) is 15.2. The number of hydrogen-bond acceptors (Lipinski definition) is 5. The Balaban J connectivity index is 1.35. The predicted octanol–water partition coefficient (Wildman–Crippen LogP) is 2.65. The van der Waals surface area contributed by atoms with Crippen LogP contribution in [0.2, 0.25) is 0 Å². The average molecular weight is 326 g/mol. The van der Waals surface area contributed by atoms with Crippen molar-refractivity contribution in [2.24, 2.45) is 0 Å². The Morgan fingerprint density at radius 1 is 1.29 bits per heavy atom. The first-order valence-corrected chi connectivity index (χ1v) is 8.62. The van der Waals surface area contributed by atoms with E-state index in [1.165, 1.54) is 12.8 Å². The van der Waals surface area contributed by atoms with Gasteiger partial charge in [0.15, 0.2) is 0 Å². The third-order valence-corrected chi connectivity index (χ3v) is 5.10. The molecule has 0 spiro atoms. The molecule has 1 amide bonds. The van der Waals surface area contributed by atoms with E-state index in [0.29, 0.717) is 17.2 Å². The number of rotatable bonds is 4. The highest BCUT2D eigenvalue weighted by Gasteiger charge is 2.33. The fourth-order valence-corrected chi connectivity index (χ4v) is 3.56. The molecule has 0 aromatic carbocycles. The van der Waals surface area contributed by atoms with Crippen molar-refractivity contribution < 1.29 is 9.21 Å². The maximum absolute atomic E-state index is 12.2. The van der Waals surface area contributed by atoms with Crippen LogP contribution in [0.5, 0.6) is 0 Å². The minimum atomic E-state index is -0.0508. The highest BCUT2D eigenvalue weighted by atomic mass is 16.3. The topological polar surface area (TPSA) is 71.3 Å². The van der Waals surface area contributed by atoms with Crippen molar-refractivity contribution in [1.29, 1.82) is 0 Å². The molecule has 0 radical (unpaired) electrons. The molecule has 1 aliphatic heterocycles. The molecule has 6 nitrogen and oxygen atoms in total. The second-order valence-electron chi connectivity index (χ2n) is 6.72. The zero-order valence-corrected chi connectivity index (χ0v) is 13.9. The summed E-state index contributed by atoms with van der Waals surface area (Å²) in [5.41, 5.74) is 1.72. The molecular weight excluding hydrogens is 304 g/mol. The van der Waals surface area contributed by atoms with Crippen molar-refractivity contribution >= 4 is 11.7 Å². The molecule has 24 heavy (non-hydrogen) atoms. The molecule has 4 rings (SSSR count). The van der Waals surface area contributed by atoms with Crippen LogP contribution >= 0.6 is 0 Å². The van der Waals surface area contributed by atoms with Gasteiger partial charge in [-0.1, -0.05) is 0 Å². The number of aromatic nitrogens is 2. The summed E-state index contributed by atoms with van der Waals surface area (Å²) in [5.74, 6) is 2.06. The molecule has 1 saturated carbocycles. The fraction of sp³-hybridized carbons (Fsp3) is 0.500. The smallest absolute Gasteiger partial charge is 0.255 e. The van der Waals surface area contributed by atoms with E-state index in [-0.39, 0.29) is 11.9 Å². The lowest BCUT2D eigenvalue weighted by Gasteiger charge is -2.35. The molecule has 0 atom stereocenters. The van der Waals surface area contributed by atoms with Gasteiger partial charge in [-0.2, -0.15) is 0 Å². The van der Waals surface area contributed by atoms with E-state index in [2.05, 4.69) is 26.3 Å². The van der Waals surface area contributed by atoms with Gasteiger partial charge >= 0.3 is 0 Å². The van der Waals surface area contributed by atoms with Crippen LogP contribution in [0.25, 0.3) is 0 Å². The Morgan fingerprint density at radius 3 is 2.79 bits per heavy atom. The Morgan fingerprint density at radius 2 is 2.08 bits per heavy atom. The molecule has 2 aromatic heterocycles. The Hall–Kier alpha value is -2.37. The standard InChI is InChI=1S/C18H22N4O2/c1-12-15(4-7-24-12)18(23)21-14-8-13(9-14)16-10-17(20-11-19-16)22-5-2-3-6-22/h4,7,10-11,13-14H,2-3,5-6,8-9H2,1H3,(H,21,23). The maximum atomic E-state index is 12.2. The normalized spacial score (nSPS) is 23.1. The number of hydrogen-bond donors (Lipinski definition) is 1.